The van der Waals surface area contributed by atoms with Crippen LogP contribution in [0, 0.1) is 0 Å². The quantitative estimate of drug-likeness (QED) is 0.867. The molecule has 0 unspecified atom stereocenters. The Balaban J connectivity index is 1.78. The van der Waals surface area contributed by atoms with E-state index in [9.17, 15) is 0 Å². The Kier molecular flexibility index (Phi) is 5.14. The zero-order chi connectivity index (χ0) is 12.8. The molecule has 0 spiro atoms. The molecule has 0 aromatic carbocycles. The van der Waals surface area contributed by atoms with Gasteiger partial charge in [0.05, 0.1) is 0 Å². The van der Waals surface area contributed by atoms with Crippen molar-refractivity contribution < 1.29 is 0 Å². The van der Waals surface area contributed by atoms with Crippen LogP contribution in [0.25, 0.3) is 0 Å². The molecular weight excluding hydrogens is 222 g/mol. The van der Waals surface area contributed by atoms with Crippen molar-refractivity contribution in [2.75, 3.05) is 19.6 Å². The molecule has 18 heavy (non-hydrogen) atoms. The summed E-state index contributed by atoms with van der Waals surface area (Å²) >= 11 is 0. The van der Waals surface area contributed by atoms with Gasteiger partial charge in [-0.15, -0.1) is 0 Å². The topological polar surface area (TPSA) is 28.2 Å². The Bertz CT molecular complexity index is 331. The predicted molar refractivity (Wildman–Crippen MR) is 75.5 cm³/mol. The molecule has 2 heterocycles. The fourth-order valence-electron chi connectivity index (χ4n) is 2.72. The molecule has 3 heteroatoms. The Morgan fingerprint density at radius 2 is 2.22 bits per heavy atom. The van der Waals surface area contributed by atoms with Gasteiger partial charge in [-0.3, -0.25) is 4.98 Å². The zero-order valence-electron chi connectivity index (χ0n) is 11.6. The first kappa shape index (κ1) is 13.5. The van der Waals surface area contributed by atoms with Crippen molar-refractivity contribution >= 4 is 0 Å². The SMILES string of the molecule is CCCN1CCC(N[C@H](C)c2cccnc2)CC1. The first-order chi connectivity index (χ1) is 8.79. The molecule has 1 atom stereocenters. The second kappa shape index (κ2) is 6.86. The summed E-state index contributed by atoms with van der Waals surface area (Å²) in [7, 11) is 0. The van der Waals surface area contributed by atoms with E-state index in [0.29, 0.717) is 12.1 Å². The van der Waals surface area contributed by atoms with E-state index in [1.807, 2.05) is 18.5 Å². The lowest BCUT2D eigenvalue weighted by molar-refractivity contribution is 0.192. The van der Waals surface area contributed by atoms with Crippen LogP contribution in [0.2, 0.25) is 0 Å². The third kappa shape index (κ3) is 3.79. The average molecular weight is 247 g/mol. The van der Waals surface area contributed by atoms with Crippen LogP contribution in [0.5, 0.6) is 0 Å². The standard InChI is InChI=1S/C15H25N3/c1-3-9-18-10-6-15(7-11-18)17-13(2)14-5-4-8-16-12-14/h4-5,8,12-13,15,17H,3,6-7,9-11H2,1-2H3/t13-/m1/s1. The van der Waals surface area contributed by atoms with Gasteiger partial charge in [0.1, 0.15) is 0 Å². The van der Waals surface area contributed by atoms with E-state index in [2.05, 4.69) is 35.1 Å². The van der Waals surface area contributed by atoms with Crippen LogP contribution in [-0.2, 0) is 0 Å². The maximum Gasteiger partial charge on any atom is 0.0315 e. The fourth-order valence-corrected chi connectivity index (χ4v) is 2.72. The molecule has 2 rings (SSSR count). The van der Waals surface area contributed by atoms with Crippen LogP contribution >= 0.6 is 0 Å². The van der Waals surface area contributed by atoms with Crippen LogP contribution in [-0.4, -0.2) is 35.6 Å². The van der Waals surface area contributed by atoms with Gasteiger partial charge in [0.25, 0.3) is 0 Å². The predicted octanol–water partition coefficient (Wildman–Crippen LogP) is 2.61. The summed E-state index contributed by atoms with van der Waals surface area (Å²) in [4.78, 5) is 6.76. The molecule has 1 N–H and O–H groups in total. The number of pyridine rings is 1. The van der Waals surface area contributed by atoms with Crippen molar-refractivity contribution in [3.05, 3.63) is 30.1 Å². The molecule has 0 bridgehead atoms. The minimum Gasteiger partial charge on any atom is -0.307 e. The van der Waals surface area contributed by atoms with Crippen molar-refractivity contribution in [2.45, 2.75) is 45.2 Å². The molecule has 1 aromatic heterocycles. The molecule has 1 saturated heterocycles. The number of likely N-dealkylation sites (tertiary alicyclic amines) is 1. The highest BCUT2D eigenvalue weighted by Crippen LogP contribution is 2.16. The first-order valence-corrected chi connectivity index (χ1v) is 7.18. The number of rotatable bonds is 5. The third-order valence-electron chi connectivity index (χ3n) is 3.80. The fraction of sp³-hybridized carbons (Fsp3) is 0.667. The van der Waals surface area contributed by atoms with Crippen LogP contribution in [0.1, 0.15) is 44.7 Å². The van der Waals surface area contributed by atoms with Crippen molar-refractivity contribution in [1.29, 1.82) is 0 Å². The highest BCUT2D eigenvalue weighted by Gasteiger charge is 2.20. The van der Waals surface area contributed by atoms with E-state index >= 15 is 0 Å². The summed E-state index contributed by atoms with van der Waals surface area (Å²) in [6.07, 6.45) is 7.60. The summed E-state index contributed by atoms with van der Waals surface area (Å²) in [5.74, 6) is 0. The molecule has 1 aromatic rings. The summed E-state index contributed by atoms with van der Waals surface area (Å²) < 4.78 is 0. The van der Waals surface area contributed by atoms with E-state index < -0.39 is 0 Å². The monoisotopic (exact) mass is 247 g/mol. The lowest BCUT2D eigenvalue weighted by Crippen LogP contribution is -2.43. The Labute approximate surface area is 111 Å². The van der Waals surface area contributed by atoms with Gasteiger partial charge in [-0.1, -0.05) is 13.0 Å². The van der Waals surface area contributed by atoms with Gasteiger partial charge in [0.2, 0.25) is 0 Å². The van der Waals surface area contributed by atoms with Gasteiger partial charge in [0.15, 0.2) is 0 Å². The summed E-state index contributed by atoms with van der Waals surface area (Å²) in [5.41, 5.74) is 1.29. The Hall–Kier alpha value is -0.930. The minimum absolute atomic E-state index is 0.404. The minimum atomic E-state index is 0.404. The van der Waals surface area contributed by atoms with Gasteiger partial charge in [0, 0.05) is 24.5 Å². The number of hydrogen-bond donors (Lipinski definition) is 1. The first-order valence-electron chi connectivity index (χ1n) is 7.18. The van der Waals surface area contributed by atoms with Crippen LogP contribution < -0.4 is 5.32 Å². The van der Waals surface area contributed by atoms with Crippen LogP contribution in [0.15, 0.2) is 24.5 Å². The number of hydrogen-bond acceptors (Lipinski definition) is 3. The highest BCUT2D eigenvalue weighted by molar-refractivity contribution is 5.13. The summed E-state index contributed by atoms with van der Waals surface area (Å²) in [6, 6.07) is 5.23. The lowest BCUT2D eigenvalue weighted by atomic mass is 10.0. The lowest BCUT2D eigenvalue weighted by Gasteiger charge is -2.33. The van der Waals surface area contributed by atoms with Gasteiger partial charge in [-0.2, -0.15) is 0 Å². The van der Waals surface area contributed by atoms with Crippen LogP contribution in [0.4, 0.5) is 0 Å². The van der Waals surface area contributed by atoms with Gasteiger partial charge in [-0.25, -0.2) is 0 Å². The van der Waals surface area contributed by atoms with E-state index in [1.165, 1.54) is 44.5 Å². The smallest absolute Gasteiger partial charge is 0.0315 e. The van der Waals surface area contributed by atoms with Gasteiger partial charge >= 0.3 is 0 Å². The molecule has 3 nitrogen and oxygen atoms in total. The molecule has 0 aliphatic carbocycles. The van der Waals surface area contributed by atoms with Crippen molar-refractivity contribution in [3.63, 3.8) is 0 Å². The second-order valence-electron chi connectivity index (χ2n) is 5.29. The van der Waals surface area contributed by atoms with Gasteiger partial charge < -0.3 is 10.2 Å². The van der Waals surface area contributed by atoms with Crippen molar-refractivity contribution in [3.8, 4) is 0 Å². The van der Waals surface area contributed by atoms with Crippen LogP contribution in [0.3, 0.4) is 0 Å². The van der Waals surface area contributed by atoms with E-state index in [4.69, 9.17) is 0 Å². The maximum absolute atomic E-state index is 4.19. The molecule has 0 saturated carbocycles. The molecule has 1 aliphatic rings. The third-order valence-corrected chi connectivity index (χ3v) is 3.80. The number of nitrogens with zero attached hydrogens (tertiary/aromatic N) is 2. The van der Waals surface area contributed by atoms with E-state index in [-0.39, 0.29) is 0 Å². The average Bonchev–Trinajstić information content (AvgIpc) is 2.42. The normalized spacial score (nSPS) is 19.9. The second-order valence-corrected chi connectivity index (χ2v) is 5.29. The van der Waals surface area contributed by atoms with Crippen molar-refractivity contribution in [1.82, 2.24) is 15.2 Å². The largest absolute Gasteiger partial charge is 0.307 e. The maximum atomic E-state index is 4.19. The molecule has 0 amide bonds. The van der Waals surface area contributed by atoms with Crippen molar-refractivity contribution in [2.24, 2.45) is 0 Å². The zero-order valence-corrected chi connectivity index (χ0v) is 11.6. The number of piperidine rings is 1. The molecule has 1 fully saturated rings. The van der Waals surface area contributed by atoms with Gasteiger partial charge in [-0.05, 0) is 57.5 Å². The molecular formula is C15H25N3. The molecule has 0 radical (unpaired) electrons. The molecule has 1 aliphatic heterocycles. The number of nitrogens with one attached hydrogen (secondary N) is 1. The van der Waals surface area contributed by atoms with E-state index in [0.717, 1.165) is 0 Å². The molecule has 100 valence electrons. The Morgan fingerprint density at radius 3 is 2.83 bits per heavy atom. The number of aromatic nitrogens is 1. The van der Waals surface area contributed by atoms with E-state index in [1.54, 1.807) is 0 Å². The summed E-state index contributed by atoms with van der Waals surface area (Å²) in [5, 5.41) is 3.73. The summed E-state index contributed by atoms with van der Waals surface area (Å²) in [6.45, 7) is 8.23. The Morgan fingerprint density at radius 1 is 1.44 bits per heavy atom. The highest BCUT2D eigenvalue weighted by atomic mass is 15.1.